The molecule has 2 rings (SSSR count). The first-order chi connectivity index (χ1) is 10.4. The van der Waals surface area contributed by atoms with Crippen LogP contribution in [0.3, 0.4) is 0 Å². The van der Waals surface area contributed by atoms with Crippen LogP contribution in [0.25, 0.3) is 0 Å². The molecule has 1 N–H and O–H groups in total. The molecule has 0 heterocycles. The summed E-state index contributed by atoms with van der Waals surface area (Å²) in [7, 11) is 0. The zero-order valence-corrected chi connectivity index (χ0v) is 18.7. The van der Waals surface area contributed by atoms with E-state index in [-0.39, 0.29) is 6.42 Å². The van der Waals surface area contributed by atoms with Crippen LogP contribution in [-0.4, -0.2) is 23.9 Å². The Hall–Kier alpha value is 0.230. The average Bonchev–Trinajstić information content (AvgIpc) is 2.57. The van der Waals surface area contributed by atoms with Gasteiger partial charge in [0, 0.05) is 0 Å². The maximum atomic E-state index is 11.1. The van der Waals surface area contributed by atoms with Gasteiger partial charge in [-0.05, 0) is 0 Å². The molecule has 0 amide bonds. The number of carbonyl (C=O) groups is 1. The molecule has 0 aliphatic carbocycles. The molecule has 2 aromatic rings. The van der Waals surface area contributed by atoms with E-state index in [2.05, 4.69) is 81.9 Å². The molecule has 0 saturated heterocycles. The molecule has 2 aromatic carbocycles. The van der Waals surface area contributed by atoms with Gasteiger partial charge in [0.2, 0.25) is 0 Å². The fourth-order valence-corrected chi connectivity index (χ4v) is 8.47. The molecular weight excluding hydrogens is 540 g/mol. The van der Waals surface area contributed by atoms with Crippen LogP contribution in [0.5, 0.6) is 0 Å². The number of aliphatic carboxylic acids is 1. The van der Waals surface area contributed by atoms with Crippen molar-refractivity contribution in [2.45, 2.75) is 6.42 Å². The van der Waals surface area contributed by atoms with Crippen molar-refractivity contribution in [3.63, 3.8) is 0 Å². The van der Waals surface area contributed by atoms with Gasteiger partial charge in [-0.2, -0.15) is 0 Å². The quantitative estimate of drug-likeness (QED) is 0.420. The molecule has 1 unspecified atom stereocenters. The fraction of sp³-hybridized carbons (Fsp3) is 0.188. The fourth-order valence-electron chi connectivity index (χ4n) is 2.40. The Morgan fingerprint density at radius 1 is 1.00 bits per heavy atom. The topological polar surface area (TPSA) is 37.3 Å². The van der Waals surface area contributed by atoms with E-state index < -0.39 is 10.2 Å². The third kappa shape index (κ3) is 4.86. The van der Waals surface area contributed by atoms with E-state index in [9.17, 15) is 4.79 Å². The molecule has 0 aliphatic rings. The summed E-state index contributed by atoms with van der Waals surface area (Å²) in [5.74, 6) is -0.732. The molecule has 0 aromatic heterocycles. The number of carboxylic acids is 1. The summed E-state index contributed by atoms with van der Waals surface area (Å²) in [6.07, 6.45) is 0.872. The second-order valence-electron chi connectivity index (χ2n) is 5.19. The number of halogens is 2. The Labute approximate surface area is 160 Å². The molecule has 2 nitrogen and oxygen atoms in total. The van der Waals surface area contributed by atoms with Gasteiger partial charge in [0.1, 0.15) is 0 Å². The minimum atomic E-state index is -2.47. The van der Waals surface area contributed by atoms with Crippen LogP contribution >= 0.6 is 55.2 Å². The van der Waals surface area contributed by atoms with E-state index >= 15 is 0 Å². The standard InChI is InChI=1S/C16H18IO2P.H2IP/c1-20(17,13-12-16(18)19,14-8-4-2-5-9-14)15-10-6-3-7-11-15;1-2/h2-11H,12-13H2,1H3,(H,18,19);2H2. The van der Waals surface area contributed by atoms with Crippen molar-refractivity contribution in [3.05, 3.63) is 60.7 Å². The molecule has 0 aliphatic heterocycles. The van der Waals surface area contributed by atoms with E-state index in [0.717, 1.165) is 0 Å². The normalized spacial score (nSPS) is 12.5. The monoisotopic (exact) mass is 560 g/mol. The minimum absolute atomic E-state index is 0.195. The van der Waals surface area contributed by atoms with Gasteiger partial charge < -0.3 is 0 Å². The van der Waals surface area contributed by atoms with Gasteiger partial charge >= 0.3 is 133 Å². The van der Waals surface area contributed by atoms with E-state index in [1.165, 1.54) is 10.6 Å². The van der Waals surface area contributed by atoms with Crippen molar-refractivity contribution >= 4 is 71.8 Å². The molecule has 120 valence electrons. The largest absolute Gasteiger partial charge is 0.0702 e. The van der Waals surface area contributed by atoms with Crippen LogP contribution in [0.4, 0.5) is 0 Å². The first-order valence-electron chi connectivity index (χ1n) is 6.70. The van der Waals surface area contributed by atoms with Gasteiger partial charge in [-0.3, -0.25) is 0 Å². The molecule has 22 heavy (non-hydrogen) atoms. The number of carboxylic acid groups (broad SMARTS) is 1. The van der Waals surface area contributed by atoms with Gasteiger partial charge in [-0.1, -0.05) is 28.9 Å². The molecule has 0 bridgehead atoms. The van der Waals surface area contributed by atoms with Crippen molar-refractivity contribution < 1.29 is 9.90 Å². The second kappa shape index (κ2) is 8.91. The second-order valence-corrected chi connectivity index (χ2v) is 17.8. The number of hydrogen-bond acceptors (Lipinski definition) is 1. The minimum Gasteiger partial charge on any atom is -0.0702 e. The van der Waals surface area contributed by atoms with Gasteiger partial charge in [-0.25, -0.2) is 0 Å². The maximum absolute atomic E-state index is 11.1. The van der Waals surface area contributed by atoms with Crippen molar-refractivity contribution in [1.82, 2.24) is 0 Å². The molecular formula is C16H20I2O2P2. The van der Waals surface area contributed by atoms with Gasteiger partial charge in [-0.15, -0.1) is 0 Å². The Bertz CT molecular complexity index is 561. The third-order valence-corrected chi connectivity index (χ3v) is 13.0. The number of benzene rings is 2. The molecule has 1 atom stereocenters. The van der Waals surface area contributed by atoms with E-state index in [1.54, 1.807) is 0 Å². The summed E-state index contributed by atoms with van der Waals surface area (Å²) in [6, 6.07) is 20.6. The summed E-state index contributed by atoms with van der Waals surface area (Å²) < 4.78 is -2.47. The van der Waals surface area contributed by atoms with Gasteiger partial charge in [0.25, 0.3) is 0 Å². The smallest absolute Gasteiger partial charge is 0.0610 e. The molecule has 0 saturated carbocycles. The van der Waals surface area contributed by atoms with Gasteiger partial charge in [0.15, 0.2) is 0 Å². The molecule has 6 heteroatoms. The summed E-state index contributed by atoms with van der Waals surface area (Å²) in [4.78, 5) is 11.1. The van der Waals surface area contributed by atoms with Crippen LogP contribution in [0.15, 0.2) is 60.7 Å². The van der Waals surface area contributed by atoms with Gasteiger partial charge in [0.05, 0.1) is 0 Å². The number of hydrogen-bond donors (Lipinski definition) is 1. The summed E-state index contributed by atoms with van der Waals surface area (Å²) >= 11 is 4.61. The first-order valence-corrected chi connectivity index (χ1v) is 16.5. The predicted molar refractivity (Wildman–Crippen MR) is 120 cm³/mol. The van der Waals surface area contributed by atoms with Crippen LogP contribution in [0.1, 0.15) is 6.42 Å². The van der Waals surface area contributed by atoms with Crippen LogP contribution in [0, 0.1) is 0 Å². The Kier molecular flexibility index (Phi) is 8.21. The van der Waals surface area contributed by atoms with Crippen LogP contribution in [-0.2, 0) is 4.79 Å². The Balaban J connectivity index is 0.00000116. The average molecular weight is 560 g/mol. The van der Waals surface area contributed by atoms with Crippen LogP contribution in [0.2, 0.25) is 0 Å². The zero-order valence-electron chi connectivity index (χ0n) is 12.3. The Morgan fingerprint density at radius 2 is 1.36 bits per heavy atom. The SMILES string of the molecule is CP(I)(CCC(=O)O)(c1ccccc1)c1ccccc1.PI. The molecule has 0 spiro atoms. The third-order valence-electron chi connectivity index (χ3n) is 3.70. The summed E-state index contributed by atoms with van der Waals surface area (Å²) in [5, 5.41) is 11.6. The van der Waals surface area contributed by atoms with Crippen molar-refractivity contribution in [1.29, 1.82) is 0 Å². The zero-order chi connectivity index (χ0) is 16.7. The van der Waals surface area contributed by atoms with Crippen molar-refractivity contribution in [3.8, 4) is 0 Å². The van der Waals surface area contributed by atoms with Crippen molar-refractivity contribution in [2.24, 2.45) is 0 Å². The van der Waals surface area contributed by atoms with E-state index in [1.807, 2.05) is 36.4 Å². The number of rotatable bonds is 5. The first kappa shape index (κ1) is 20.3. The van der Waals surface area contributed by atoms with Crippen LogP contribution < -0.4 is 10.6 Å². The van der Waals surface area contributed by atoms with Crippen molar-refractivity contribution in [2.75, 3.05) is 12.8 Å². The summed E-state index contributed by atoms with van der Waals surface area (Å²) in [6.45, 7) is 4.64. The molecule has 0 radical (unpaired) electrons. The molecule has 0 fully saturated rings. The summed E-state index contributed by atoms with van der Waals surface area (Å²) in [5.41, 5.74) is 0. The maximum Gasteiger partial charge on any atom is -0.0610 e. The predicted octanol–water partition coefficient (Wildman–Crippen LogP) is 4.86. The Morgan fingerprint density at radius 3 is 1.68 bits per heavy atom. The van der Waals surface area contributed by atoms with E-state index in [0.29, 0.717) is 6.16 Å². The van der Waals surface area contributed by atoms with E-state index in [4.69, 9.17) is 5.11 Å².